The summed E-state index contributed by atoms with van der Waals surface area (Å²) in [6, 6.07) is -1.08. The van der Waals surface area contributed by atoms with E-state index in [0.717, 1.165) is 4.90 Å². The van der Waals surface area contributed by atoms with Gasteiger partial charge in [0.1, 0.15) is 23.7 Å². The minimum Gasteiger partial charge on any atom is -0.477 e. The highest BCUT2D eigenvalue weighted by Crippen LogP contribution is 2.40. The van der Waals surface area contributed by atoms with Gasteiger partial charge in [-0.25, -0.2) is 4.79 Å². The van der Waals surface area contributed by atoms with Crippen LogP contribution in [0.3, 0.4) is 0 Å². The van der Waals surface area contributed by atoms with Crippen LogP contribution in [0.25, 0.3) is 0 Å². The summed E-state index contributed by atoms with van der Waals surface area (Å²) in [6.45, 7) is 2.39. The molecule has 1 fully saturated rings. The van der Waals surface area contributed by atoms with Crippen molar-refractivity contribution < 1.29 is 39.0 Å². The van der Waals surface area contributed by atoms with Crippen LogP contribution in [-0.4, -0.2) is 74.2 Å². The van der Waals surface area contributed by atoms with Crippen molar-refractivity contribution in [2.24, 2.45) is 5.16 Å². The first-order chi connectivity index (χ1) is 12.7. The SMILES string of the molecule is CCC(=O)C(=NO)C(=O)N[C@@H]1C(=O)N2C(C(=O)O)=C(COC(C)=O)CS[C@@H]12. The Balaban J connectivity index is 2.17. The van der Waals surface area contributed by atoms with Crippen molar-refractivity contribution in [1.29, 1.82) is 0 Å². The number of aliphatic carboxylic acids is 1. The van der Waals surface area contributed by atoms with Gasteiger partial charge in [0.05, 0.1) is 0 Å². The number of Topliss-reactive ketones (excluding diaryl/α,β-unsaturated/α-hetero) is 1. The zero-order valence-corrected chi connectivity index (χ0v) is 15.2. The van der Waals surface area contributed by atoms with E-state index in [2.05, 4.69) is 10.5 Å². The van der Waals surface area contributed by atoms with Gasteiger partial charge in [-0.1, -0.05) is 12.1 Å². The third-order valence-corrected chi connectivity index (χ3v) is 5.23. The predicted octanol–water partition coefficient (Wildman–Crippen LogP) is -0.903. The van der Waals surface area contributed by atoms with Crippen LogP contribution in [0.1, 0.15) is 20.3 Å². The van der Waals surface area contributed by atoms with E-state index in [1.165, 1.54) is 25.6 Å². The first-order valence-electron chi connectivity index (χ1n) is 7.82. The fraction of sp³-hybridized carbons (Fsp3) is 0.467. The molecule has 2 amide bonds. The number of hydrogen-bond acceptors (Lipinski definition) is 9. The second kappa shape index (κ2) is 8.20. The molecule has 2 atom stereocenters. The molecule has 2 heterocycles. The molecule has 27 heavy (non-hydrogen) atoms. The number of nitrogens with zero attached hydrogens (tertiary/aromatic N) is 2. The summed E-state index contributed by atoms with van der Waals surface area (Å²) in [5, 5.41) is 22.5. The average molecular weight is 399 g/mol. The summed E-state index contributed by atoms with van der Waals surface area (Å²) in [4.78, 5) is 59.5. The molecule has 0 bridgehead atoms. The maximum Gasteiger partial charge on any atom is 0.352 e. The number of ketones is 1. The van der Waals surface area contributed by atoms with Crippen LogP contribution in [-0.2, 0) is 28.7 Å². The third-order valence-electron chi connectivity index (χ3n) is 3.89. The number of carbonyl (C=O) groups is 5. The molecule has 2 rings (SSSR count). The van der Waals surface area contributed by atoms with Gasteiger partial charge in [-0.3, -0.25) is 24.1 Å². The maximum absolute atomic E-state index is 12.4. The molecule has 11 nitrogen and oxygen atoms in total. The van der Waals surface area contributed by atoms with Crippen LogP contribution in [0, 0.1) is 0 Å². The second-order valence-corrected chi connectivity index (χ2v) is 6.73. The number of nitrogens with one attached hydrogen (secondary N) is 1. The van der Waals surface area contributed by atoms with Crippen molar-refractivity contribution in [3.05, 3.63) is 11.3 Å². The van der Waals surface area contributed by atoms with E-state index in [1.807, 2.05) is 0 Å². The van der Waals surface area contributed by atoms with Crippen LogP contribution in [0.15, 0.2) is 16.4 Å². The minimum absolute atomic E-state index is 0.0683. The van der Waals surface area contributed by atoms with Gasteiger partial charge in [-0.2, -0.15) is 0 Å². The Kier molecular flexibility index (Phi) is 6.20. The van der Waals surface area contributed by atoms with E-state index in [4.69, 9.17) is 9.94 Å². The number of β-lactam (4-membered cyclic amide) rings is 1. The first kappa shape index (κ1) is 20.4. The number of esters is 1. The van der Waals surface area contributed by atoms with Crippen molar-refractivity contribution in [1.82, 2.24) is 10.2 Å². The van der Waals surface area contributed by atoms with Crippen molar-refractivity contribution in [2.45, 2.75) is 31.7 Å². The molecule has 0 radical (unpaired) electrons. The molecule has 0 aromatic carbocycles. The van der Waals surface area contributed by atoms with Crippen LogP contribution in [0.5, 0.6) is 0 Å². The highest BCUT2D eigenvalue weighted by molar-refractivity contribution is 8.00. The Labute approximate surface area is 157 Å². The van der Waals surface area contributed by atoms with Crippen molar-refractivity contribution in [2.75, 3.05) is 12.4 Å². The number of ether oxygens (including phenoxy) is 1. The maximum atomic E-state index is 12.4. The van der Waals surface area contributed by atoms with Gasteiger partial charge in [0.2, 0.25) is 5.71 Å². The molecular weight excluding hydrogens is 382 g/mol. The molecule has 0 aromatic rings. The summed E-state index contributed by atoms with van der Waals surface area (Å²) in [5.74, 6) is -4.20. The van der Waals surface area contributed by atoms with Gasteiger partial charge >= 0.3 is 11.9 Å². The minimum atomic E-state index is -1.36. The Morgan fingerprint density at radius 3 is 2.56 bits per heavy atom. The van der Waals surface area contributed by atoms with Gasteiger partial charge in [-0.15, -0.1) is 11.8 Å². The molecule has 0 spiro atoms. The van der Waals surface area contributed by atoms with Crippen LogP contribution >= 0.6 is 11.8 Å². The number of fused-ring (bicyclic) bond motifs is 1. The number of carboxylic acids is 1. The number of carboxylic acid groups (broad SMARTS) is 1. The molecule has 0 saturated carbocycles. The first-order valence-corrected chi connectivity index (χ1v) is 8.87. The predicted molar refractivity (Wildman–Crippen MR) is 90.8 cm³/mol. The van der Waals surface area contributed by atoms with E-state index in [-0.39, 0.29) is 30.1 Å². The summed E-state index contributed by atoms with van der Waals surface area (Å²) < 4.78 is 4.82. The van der Waals surface area contributed by atoms with E-state index in [1.54, 1.807) is 0 Å². The lowest BCUT2D eigenvalue weighted by Gasteiger charge is -2.49. The molecule has 0 unspecified atom stereocenters. The number of thioether (sulfide) groups is 1. The van der Waals surface area contributed by atoms with Gasteiger partial charge < -0.3 is 20.4 Å². The quantitative estimate of drug-likeness (QED) is 0.123. The molecule has 12 heteroatoms. The van der Waals surface area contributed by atoms with E-state index < -0.39 is 46.7 Å². The molecule has 1 saturated heterocycles. The Hall–Kier alpha value is -2.89. The molecule has 146 valence electrons. The fourth-order valence-corrected chi connectivity index (χ4v) is 3.92. The van der Waals surface area contributed by atoms with Gasteiger partial charge in [0.25, 0.3) is 11.8 Å². The fourth-order valence-electron chi connectivity index (χ4n) is 2.59. The number of rotatable bonds is 7. The van der Waals surface area contributed by atoms with E-state index in [9.17, 15) is 29.1 Å². The lowest BCUT2D eigenvalue weighted by Crippen LogP contribution is -2.71. The van der Waals surface area contributed by atoms with Gasteiger partial charge in [-0.05, 0) is 0 Å². The molecule has 3 N–H and O–H groups in total. The lowest BCUT2D eigenvalue weighted by atomic mass is 10.0. The number of amides is 2. The molecular formula is C15H17N3O8S. The highest BCUT2D eigenvalue weighted by atomic mass is 32.2. The Morgan fingerprint density at radius 2 is 2.04 bits per heavy atom. The number of oxime groups is 1. The molecule has 2 aliphatic heterocycles. The van der Waals surface area contributed by atoms with Crippen molar-refractivity contribution >= 4 is 47.0 Å². The average Bonchev–Trinajstić information content (AvgIpc) is 2.63. The number of carbonyl (C=O) groups excluding carboxylic acids is 4. The molecule has 0 aromatic heterocycles. The van der Waals surface area contributed by atoms with E-state index in [0.29, 0.717) is 0 Å². The second-order valence-electron chi connectivity index (χ2n) is 5.62. The standard InChI is InChI=1S/C15H17N3O8S/c1-3-8(20)9(17-25)12(21)16-10-13(22)18-11(15(23)24)7(4-26-6(2)19)5-27-14(10)18/h10,14,25H,3-5H2,1-2H3,(H,16,21)(H,23,24)/t10-,14+/m1/s1. The lowest BCUT2D eigenvalue weighted by molar-refractivity contribution is -0.150. The third kappa shape index (κ3) is 3.94. The smallest absolute Gasteiger partial charge is 0.352 e. The molecule has 2 aliphatic rings. The van der Waals surface area contributed by atoms with Gasteiger partial charge in [0.15, 0.2) is 5.78 Å². The Morgan fingerprint density at radius 1 is 1.37 bits per heavy atom. The van der Waals surface area contributed by atoms with Gasteiger partial charge in [0, 0.05) is 24.7 Å². The van der Waals surface area contributed by atoms with E-state index >= 15 is 0 Å². The van der Waals surface area contributed by atoms with Crippen molar-refractivity contribution in [3.8, 4) is 0 Å². The molecule has 0 aliphatic carbocycles. The summed E-state index contributed by atoms with van der Waals surface area (Å²) >= 11 is 1.17. The zero-order chi connectivity index (χ0) is 20.3. The van der Waals surface area contributed by atoms with Crippen molar-refractivity contribution in [3.63, 3.8) is 0 Å². The van der Waals surface area contributed by atoms with Crippen LogP contribution in [0.2, 0.25) is 0 Å². The van der Waals surface area contributed by atoms with Crippen LogP contribution in [0.4, 0.5) is 0 Å². The summed E-state index contributed by atoms with van der Waals surface area (Å²) in [7, 11) is 0. The highest BCUT2D eigenvalue weighted by Gasteiger charge is 2.54. The normalized spacial score (nSPS) is 21.9. The topological polar surface area (TPSA) is 163 Å². The summed E-state index contributed by atoms with van der Waals surface area (Å²) in [6.07, 6.45) is -0.0683. The zero-order valence-electron chi connectivity index (χ0n) is 14.4. The summed E-state index contributed by atoms with van der Waals surface area (Å²) in [5.41, 5.74) is -0.763. The Bertz CT molecular complexity index is 775. The monoisotopic (exact) mass is 399 g/mol. The van der Waals surface area contributed by atoms with Crippen LogP contribution < -0.4 is 5.32 Å². The number of hydrogen-bond donors (Lipinski definition) is 3. The largest absolute Gasteiger partial charge is 0.477 e.